The molecule has 0 spiro atoms. The van der Waals surface area contributed by atoms with Crippen LogP contribution in [0.2, 0.25) is 0 Å². The summed E-state index contributed by atoms with van der Waals surface area (Å²) in [4.78, 5) is 11.4. The van der Waals surface area contributed by atoms with Crippen molar-refractivity contribution in [3.8, 4) is 0 Å². The predicted octanol–water partition coefficient (Wildman–Crippen LogP) is 2.16. The van der Waals surface area contributed by atoms with Crippen molar-refractivity contribution in [1.29, 1.82) is 0 Å². The van der Waals surface area contributed by atoms with Gasteiger partial charge in [-0.3, -0.25) is 4.79 Å². The van der Waals surface area contributed by atoms with E-state index >= 15 is 0 Å². The van der Waals surface area contributed by atoms with Gasteiger partial charge in [-0.25, -0.2) is 0 Å². The Balaban J connectivity index is 2.85. The number of hydrogen-bond acceptors (Lipinski definition) is 3. The van der Waals surface area contributed by atoms with E-state index in [9.17, 15) is 9.90 Å². The Morgan fingerprint density at radius 3 is 2.62 bits per heavy atom. The predicted molar refractivity (Wildman–Crippen MR) is 62.0 cm³/mol. The third-order valence-corrected chi connectivity index (χ3v) is 2.52. The van der Waals surface area contributed by atoms with Crippen LogP contribution in [-0.2, 0) is 15.1 Å². The van der Waals surface area contributed by atoms with Gasteiger partial charge in [0.2, 0.25) is 0 Å². The average Bonchev–Trinajstić information content (AvgIpc) is 2.17. The SMILES string of the molecule is CCOC(=O)CC(C)(O)c1ccccc1C. The molecule has 0 fully saturated rings. The average molecular weight is 222 g/mol. The van der Waals surface area contributed by atoms with Crippen molar-refractivity contribution >= 4 is 5.97 Å². The summed E-state index contributed by atoms with van der Waals surface area (Å²) in [6.45, 7) is 5.63. The Morgan fingerprint density at radius 1 is 1.44 bits per heavy atom. The van der Waals surface area contributed by atoms with Crippen LogP contribution in [0.15, 0.2) is 24.3 Å². The van der Waals surface area contributed by atoms with Crippen LogP contribution in [0.1, 0.15) is 31.4 Å². The third kappa shape index (κ3) is 3.07. The van der Waals surface area contributed by atoms with Crippen LogP contribution < -0.4 is 0 Å². The van der Waals surface area contributed by atoms with Crippen LogP contribution in [0.3, 0.4) is 0 Å². The first kappa shape index (κ1) is 12.7. The second-order valence-corrected chi connectivity index (χ2v) is 4.07. The largest absolute Gasteiger partial charge is 0.466 e. The second-order valence-electron chi connectivity index (χ2n) is 4.07. The summed E-state index contributed by atoms with van der Waals surface area (Å²) in [5, 5.41) is 10.3. The molecule has 0 aliphatic heterocycles. The van der Waals surface area contributed by atoms with Crippen molar-refractivity contribution in [2.75, 3.05) is 6.61 Å². The van der Waals surface area contributed by atoms with Crippen molar-refractivity contribution in [1.82, 2.24) is 0 Å². The van der Waals surface area contributed by atoms with Crippen molar-refractivity contribution in [3.63, 3.8) is 0 Å². The lowest BCUT2D eigenvalue weighted by Crippen LogP contribution is -2.27. The first-order valence-electron chi connectivity index (χ1n) is 5.41. The van der Waals surface area contributed by atoms with Crippen LogP contribution in [0, 0.1) is 6.92 Å². The van der Waals surface area contributed by atoms with Crippen molar-refractivity contribution in [2.45, 2.75) is 32.8 Å². The minimum Gasteiger partial charge on any atom is -0.466 e. The van der Waals surface area contributed by atoms with E-state index in [0.717, 1.165) is 11.1 Å². The van der Waals surface area contributed by atoms with E-state index in [1.807, 2.05) is 31.2 Å². The molecule has 1 aromatic rings. The Morgan fingerprint density at radius 2 is 2.06 bits per heavy atom. The molecule has 0 saturated heterocycles. The van der Waals surface area contributed by atoms with Gasteiger partial charge in [0.25, 0.3) is 0 Å². The first-order chi connectivity index (χ1) is 7.47. The zero-order chi connectivity index (χ0) is 12.2. The topological polar surface area (TPSA) is 46.5 Å². The fraction of sp³-hybridized carbons (Fsp3) is 0.462. The number of benzene rings is 1. The molecule has 1 rings (SSSR count). The summed E-state index contributed by atoms with van der Waals surface area (Å²) in [7, 11) is 0. The fourth-order valence-corrected chi connectivity index (χ4v) is 1.77. The number of aryl methyl sites for hydroxylation is 1. The van der Waals surface area contributed by atoms with E-state index in [-0.39, 0.29) is 12.4 Å². The monoisotopic (exact) mass is 222 g/mol. The van der Waals surface area contributed by atoms with Gasteiger partial charge >= 0.3 is 5.97 Å². The molecule has 1 N–H and O–H groups in total. The molecule has 16 heavy (non-hydrogen) atoms. The Labute approximate surface area is 96.1 Å². The number of carbonyl (C=O) groups excluding carboxylic acids is 1. The van der Waals surface area contributed by atoms with E-state index in [2.05, 4.69) is 0 Å². The molecular formula is C13H18O3. The summed E-state index contributed by atoms with van der Waals surface area (Å²) in [6, 6.07) is 7.49. The lowest BCUT2D eigenvalue weighted by molar-refractivity contribution is -0.148. The zero-order valence-electron chi connectivity index (χ0n) is 9.99. The van der Waals surface area contributed by atoms with Gasteiger partial charge in [-0.2, -0.15) is 0 Å². The van der Waals surface area contributed by atoms with Crippen LogP contribution in [-0.4, -0.2) is 17.7 Å². The highest BCUT2D eigenvalue weighted by Gasteiger charge is 2.28. The number of ether oxygens (including phenoxy) is 1. The maximum Gasteiger partial charge on any atom is 0.309 e. The smallest absolute Gasteiger partial charge is 0.309 e. The number of hydrogen-bond donors (Lipinski definition) is 1. The maximum absolute atomic E-state index is 11.4. The van der Waals surface area contributed by atoms with Crippen LogP contribution >= 0.6 is 0 Å². The lowest BCUT2D eigenvalue weighted by Gasteiger charge is -2.24. The summed E-state index contributed by atoms with van der Waals surface area (Å²) in [5.74, 6) is -0.379. The van der Waals surface area contributed by atoms with Gasteiger partial charge in [-0.1, -0.05) is 24.3 Å². The van der Waals surface area contributed by atoms with E-state index in [1.54, 1.807) is 13.8 Å². The number of carbonyl (C=O) groups is 1. The molecule has 1 aromatic carbocycles. The Bertz CT molecular complexity index is 369. The number of aliphatic hydroxyl groups is 1. The van der Waals surface area contributed by atoms with E-state index in [1.165, 1.54) is 0 Å². The third-order valence-electron chi connectivity index (χ3n) is 2.52. The minimum atomic E-state index is -1.17. The number of rotatable bonds is 4. The normalized spacial score (nSPS) is 14.2. The van der Waals surface area contributed by atoms with Gasteiger partial charge in [0.1, 0.15) is 0 Å². The molecule has 3 heteroatoms. The molecule has 0 heterocycles. The van der Waals surface area contributed by atoms with Crippen molar-refractivity contribution in [2.24, 2.45) is 0 Å². The molecule has 0 amide bonds. The molecule has 1 atom stereocenters. The summed E-state index contributed by atoms with van der Waals surface area (Å²) in [5.41, 5.74) is 0.567. The van der Waals surface area contributed by atoms with Crippen LogP contribution in [0.5, 0.6) is 0 Å². The molecule has 3 nitrogen and oxygen atoms in total. The van der Waals surface area contributed by atoms with Gasteiger partial charge in [-0.05, 0) is 31.9 Å². The molecule has 0 bridgehead atoms. The van der Waals surface area contributed by atoms with Gasteiger partial charge in [0, 0.05) is 0 Å². The molecule has 0 aliphatic rings. The van der Waals surface area contributed by atoms with Gasteiger partial charge in [0.05, 0.1) is 18.6 Å². The summed E-state index contributed by atoms with van der Waals surface area (Å²) in [6.07, 6.45) is -0.0221. The quantitative estimate of drug-likeness (QED) is 0.794. The van der Waals surface area contributed by atoms with E-state index < -0.39 is 5.60 Å². The van der Waals surface area contributed by atoms with Crippen LogP contribution in [0.4, 0.5) is 0 Å². The molecule has 88 valence electrons. The molecule has 0 saturated carbocycles. The zero-order valence-corrected chi connectivity index (χ0v) is 9.99. The molecule has 0 radical (unpaired) electrons. The summed E-state index contributed by atoms with van der Waals surface area (Å²) >= 11 is 0. The first-order valence-corrected chi connectivity index (χ1v) is 5.41. The summed E-state index contributed by atoms with van der Waals surface area (Å²) < 4.78 is 4.84. The highest BCUT2D eigenvalue weighted by Crippen LogP contribution is 2.27. The Kier molecular flexibility index (Phi) is 4.07. The van der Waals surface area contributed by atoms with E-state index in [4.69, 9.17) is 4.74 Å². The Hall–Kier alpha value is -1.35. The van der Waals surface area contributed by atoms with Crippen LogP contribution in [0.25, 0.3) is 0 Å². The molecular weight excluding hydrogens is 204 g/mol. The number of esters is 1. The van der Waals surface area contributed by atoms with Gasteiger partial charge in [-0.15, -0.1) is 0 Å². The molecule has 1 unspecified atom stereocenters. The fourth-order valence-electron chi connectivity index (χ4n) is 1.77. The standard InChI is InChI=1S/C13H18O3/c1-4-16-12(14)9-13(3,15)11-8-6-5-7-10(11)2/h5-8,15H,4,9H2,1-3H3. The molecule has 0 aliphatic carbocycles. The maximum atomic E-state index is 11.4. The van der Waals surface area contributed by atoms with Gasteiger partial charge in [0.15, 0.2) is 0 Å². The second kappa shape index (κ2) is 5.12. The van der Waals surface area contributed by atoms with Crippen molar-refractivity contribution in [3.05, 3.63) is 35.4 Å². The lowest BCUT2D eigenvalue weighted by atomic mass is 9.89. The van der Waals surface area contributed by atoms with Crippen molar-refractivity contribution < 1.29 is 14.6 Å². The highest BCUT2D eigenvalue weighted by molar-refractivity contribution is 5.71. The molecule has 0 aromatic heterocycles. The minimum absolute atomic E-state index is 0.0221. The highest BCUT2D eigenvalue weighted by atomic mass is 16.5. The van der Waals surface area contributed by atoms with E-state index in [0.29, 0.717) is 6.61 Å². The van der Waals surface area contributed by atoms with Gasteiger partial charge < -0.3 is 9.84 Å².